The molecule has 0 radical (unpaired) electrons. The number of likely N-dealkylation sites (tertiary alicyclic amines) is 2. The molecule has 1 aromatic heterocycles. The van der Waals surface area contributed by atoms with E-state index in [1.807, 2.05) is 6.20 Å². The van der Waals surface area contributed by atoms with E-state index in [9.17, 15) is 4.79 Å². The van der Waals surface area contributed by atoms with E-state index < -0.39 is 0 Å². The summed E-state index contributed by atoms with van der Waals surface area (Å²) in [5.74, 6) is 2.10. The van der Waals surface area contributed by atoms with Crippen molar-refractivity contribution >= 4 is 5.91 Å². The fraction of sp³-hybridized carbons (Fsp3) is 0.810. The Morgan fingerprint density at radius 2 is 2.00 bits per heavy atom. The molecule has 2 fully saturated rings. The molecule has 1 N–H and O–H groups in total. The van der Waals surface area contributed by atoms with Crippen LogP contribution in [0.4, 0.5) is 0 Å². The van der Waals surface area contributed by atoms with E-state index in [-0.39, 0.29) is 5.91 Å². The Bertz CT molecular complexity index is 579. The van der Waals surface area contributed by atoms with Crippen LogP contribution in [0.2, 0.25) is 0 Å². The number of likely N-dealkylation sites (N-methyl/N-ethyl adjacent to an activating group) is 1. The number of carbonyl (C=O) groups is 1. The fourth-order valence-electron chi connectivity index (χ4n) is 4.61. The molecule has 0 spiro atoms. The summed E-state index contributed by atoms with van der Waals surface area (Å²) in [6.07, 6.45) is 10.6. The van der Waals surface area contributed by atoms with Gasteiger partial charge in [0, 0.05) is 37.9 Å². The molecule has 0 unspecified atom stereocenters. The van der Waals surface area contributed by atoms with E-state index in [4.69, 9.17) is 0 Å². The average Bonchev–Trinajstić information content (AvgIpc) is 3.34. The Morgan fingerprint density at radius 1 is 1.19 bits per heavy atom. The normalized spacial score (nSPS) is 22.4. The van der Waals surface area contributed by atoms with Gasteiger partial charge in [-0.05, 0) is 71.1 Å². The molecule has 6 nitrogen and oxygen atoms in total. The molecule has 2 aliphatic rings. The largest absolute Gasteiger partial charge is 0.355 e. The van der Waals surface area contributed by atoms with E-state index in [0.717, 1.165) is 45.7 Å². The Kier molecular flexibility index (Phi) is 7.70. The standard InChI is InChI=1S/C21H37N5O/c1-3-25-12-5-6-19(25)16-23-21(27)8-7-18-9-13-24(14-10-18)17-20-22-11-15-26(20)4-2/h11,15,18-19H,3-10,12-14,16-17H2,1-2H3,(H,23,27)/t19-/m0/s1. The number of nitrogens with zero attached hydrogens (tertiary/aromatic N) is 4. The number of carbonyl (C=O) groups excluding carboxylic acids is 1. The van der Waals surface area contributed by atoms with Crippen LogP contribution in [-0.4, -0.2) is 64.0 Å². The van der Waals surface area contributed by atoms with Gasteiger partial charge in [-0.1, -0.05) is 6.92 Å². The number of imidazole rings is 1. The summed E-state index contributed by atoms with van der Waals surface area (Å²) in [6.45, 7) is 11.7. The van der Waals surface area contributed by atoms with Crippen molar-refractivity contribution in [2.75, 3.05) is 32.7 Å². The predicted molar refractivity (Wildman–Crippen MR) is 108 cm³/mol. The molecular formula is C21H37N5O. The molecule has 27 heavy (non-hydrogen) atoms. The van der Waals surface area contributed by atoms with Gasteiger partial charge in [-0.2, -0.15) is 0 Å². The number of hydrogen-bond donors (Lipinski definition) is 1. The van der Waals surface area contributed by atoms with Gasteiger partial charge in [0.2, 0.25) is 5.91 Å². The molecule has 2 saturated heterocycles. The van der Waals surface area contributed by atoms with Crippen LogP contribution in [0.1, 0.15) is 58.2 Å². The molecule has 1 aromatic rings. The third-order valence-electron chi connectivity index (χ3n) is 6.43. The number of hydrogen-bond acceptors (Lipinski definition) is 4. The van der Waals surface area contributed by atoms with Gasteiger partial charge in [-0.25, -0.2) is 4.98 Å². The maximum absolute atomic E-state index is 12.2. The van der Waals surface area contributed by atoms with Crippen LogP contribution >= 0.6 is 0 Å². The van der Waals surface area contributed by atoms with Crippen LogP contribution in [0.5, 0.6) is 0 Å². The van der Waals surface area contributed by atoms with Crippen LogP contribution in [0.25, 0.3) is 0 Å². The second-order valence-corrected chi connectivity index (χ2v) is 8.12. The first kappa shape index (κ1) is 20.3. The molecule has 0 bridgehead atoms. The van der Waals surface area contributed by atoms with Crippen LogP contribution in [0, 0.1) is 5.92 Å². The van der Waals surface area contributed by atoms with Crippen LogP contribution in [0.15, 0.2) is 12.4 Å². The van der Waals surface area contributed by atoms with Gasteiger partial charge >= 0.3 is 0 Å². The van der Waals surface area contributed by atoms with Gasteiger partial charge in [-0.15, -0.1) is 0 Å². The SMILES string of the molecule is CCN1CCC[C@H]1CNC(=O)CCC1CCN(Cc2nccn2CC)CC1. The van der Waals surface area contributed by atoms with Crippen molar-refractivity contribution in [3.05, 3.63) is 18.2 Å². The van der Waals surface area contributed by atoms with Gasteiger partial charge in [-0.3, -0.25) is 14.6 Å². The number of nitrogens with one attached hydrogen (secondary N) is 1. The molecule has 3 heterocycles. The Morgan fingerprint density at radius 3 is 2.74 bits per heavy atom. The third-order valence-corrected chi connectivity index (χ3v) is 6.43. The third kappa shape index (κ3) is 5.79. The Balaban J connectivity index is 1.30. The zero-order chi connectivity index (χ0) is 19.1. The van der Waals surface area contributed by atoms with E-state index in [1.165, 1.54) is 38.1 Å². The maximum Gasteiger partial charge on any atom is 0.220 e. The number of amides is 1. The molecule has 1 atom stereocenters. The molecule has 0 aliphatic carbocycles. The first-order valence-electron chi connectivity index (χ1n) is 10.9. The molecule has 0 aromatic carbocycles. The zero-order valence-electron chi connectivity index (χ0n) is 17.2. The van der Waals surface area contributed by atoms with E-state index in [0.29, 0.717) is 18.4 Å². The lowest BCUT2D eigenvalue weighted by molar-refractivity contribution is -0.121. The highest BCUT2D eigenvalue weighted by Gasteiger charge is 2.24. The topological polar surface area (TPSA) is 53.4 Å². The van der Waals surface area contributed by atoms with Gasteiger partial charge < -0.3 is 9.88 Å². The van der Waals surface area contributed by atoms with Crippen molar-refractivity contribution in [3.8, 4) is 0 Å². The molecule has 2 aliphatic heterocycles. The monoisotopic (exact) mass is 375 g/mol. The second-order valence-electron chi connectivity index (χ2n) is 8.12. The minimum atomic E-state index is 0.241. The highest BCUT2D eigenvalue weighted by atomic mass is 16.1. The van der Waals surface area contributed by atoms with Gasteiger partial charge in [0.1, 0.15) is 5.82 Å². The molecule has 0 saturated carbocycles. The number of aromatic nitrogens is 2. The minimum absolute atomic E-state index is 0.241. The van der Waals surface area contributed by atoms with Crippen molar-refractivity contribution in [2.24, 2.45) is 5.92 Å². The summed E-state index contributed by atoms with van der Waals surface area (Å²) in [7, 11) is 0. The lowest BCUT2D eigenvalue weighted by Crippen LogP contribution is -2.40. The average molecular weight is 376 g/mol. The van der Waals surface area contributed by atoms with Crippen molar-refractivity contribution in [1.82, 2.24) is 24.7 Å². The summed E-state index contributed by atoms with van der Waals surface area (Å²) >= 11 is 0. The van der Waals surface area contributed by atoms with Crippen LogP contribution in [0.3, 0.4) is 0 Å². The lowest BCUT2D eigenvalue weighted by Gasteiger charge is -2.31. The summed E-state index contributed by atoms with van der Waals surface area (Å²) in [5.41, 5.74) is 0. The number of aryl methyl sites for hydroxylation is 1. The molecular weight excluding hydrogens is 338 g/mol. The van der Waals surface area contributed by atoms with E-state index >= 15 is 0 Å². The highest BCUT2D eigenvalue weighted by molar-refractivity contribution is 5.75. The predicted octanol–water partition coefficient (Wildman–Crippen LogP) is 2.50. The van der Waals surface area contributed by atoms with Crippen molar-refractivity contribution in [2.45, 2.75) is 71.5 Å². The summed E-state index contributed by atoms with van der Waals surface area (Å²) < 4.78 is 2.22. The van der Waals surface area contributed by atoms with Crippen LogP contribution in [-0.2, 0) is 17.9 Å². The summed E-state index contributed by atoms with van der Waals surface area (Å²) in [6, 6.07) is 0.554. The van der Waals surface area contributed by atoms with Gasteiger partial charge in [0.15, 0.2) is 0 Å². The molecule has 3 rings (SSSR count). The quantitative estimate of drug-likeness (QED) is 0.720. The molecule has 6 heteroatoms. The van der Waals surface area contributed by atoms with E-state index in [1.54, 1.807) is 0 Å². The van der Waals surface area contributed by atoms with E-state index in [2.05, 4.69) is 44.7 Å². The number of piperidine rings is 1. The fourth-order valence-corrected chi connectivity index (χ4v) is 4.61. The minimum Gasteiger partial charge on any atom is -0.355 e. The van der Waals surface area contributed by atoms with Crippen LogP contribution < -0.4 is 5.32 Å². The second kappa shape index (κ2) is 10.2. The molecule has 1 amide bonds. The zero-order valence-corrected chi connectivity index (χ0v) is 17.2. The first-order valence-corrected chi connectivity index (χ1v) is 10.9. The van der Waals surface area contributed by atoms with Gasteiger partial charge in [0.05, 0.1) is 6.54 Å². The van der Waals surface area contributed by atoms with Gasteiger partial charge in [0.25, 0.3) is 0 Å². The number of rotatable bonds is 9. The maximum atomic E-state index is 12.2. The molecule has 152 valence electrons. The highest BCUT2D eigenvalue weighted by Crippen LogP contribution is 2.23. The van der Waals surface area contributed by atoms with Crippen molar-refractivity contribution < 1.29 is 4.79 Å². The first-order chi connectivity index (χ1) is 13.2. The Labute approximate surface area is 164 Å². The summed E-state index contributed by atoms with van der Waals surface area (Å²) in [4.78, 5) is 21.7. The Hall–Kier alpha value is -1.40. The van der Waals surface area contributed by atoms with Crippen molar-refractivity contribution in [1.29, 1.82) is 0 Å². The lowest BCUT2D eigenvalue weighted by atomic mass is 9.92. The van der Waals surface area contributed by atoms with Crippen molar-refractivity contribution in [3.63, 3.8) is 0 Å². The summed E-state index contributed by atoms with van der Waals surface area (Å²) in [5, 5.41) is 3.18. The smallest absolute Gasteiger partial charge is 0.220 e.